The monoisotopic (exact) mass is 405 g/mol. The molecular formula is C27H16ClNO. The summed E-state index contributed by atoms with van der Waals surface area (Å²) in [5.41, 5.74) is 4.91. The van der Waals surface area contributed by atoms with Crippen molar-refractivity contribution < 1.29 is 4.42 Å². The molecule has 0 unspecified atom stereocenters. The molecule has 3 heteroatoms. The van der Waals surface area contributed by atoms with E-state index >= 15 is 0 Å². The fourth-order valence-corrected chi connectivity index (χ4v) is 4.36. The van der Waals surface area contributed by atoms with Gasteiger partial charge in [0.1, 0.15) is 5.52 Å². The van der Waals surface area contributed by atoms with Gasteiger partial charge >= 0.3 is 0 Å². The molecule has 2 nitrogen and oxygen atoms in total. The average molecular weight is 406 g/mol. The Kier molecular flexibility index (Phi) is 3.87. The molecule has 6 rings (SSSR count). The third-order valence-corrected chi connectivity index (χ3v) is 5.79. The largest absolute Gasteiger partial charge is 0.435 e. The molecule has 0 aliphatic carbocycles. The van der Waals surface area contributed by atoms with Crippen molar-refractivity contribution in [3.05, 3.63) is 102 Å². The smallest absolute Gasteiger partial charge is 0.227 e. The van der Waals surface area contributed by atoms with Crippen LogP contribution in [0.4, 0.5) is 0 Å². The van der Waals surface area contributed by atoms with E-state index in [0.717, 1.165) is 54.4 Å². The van der Waals surface area contributed by atoms with E-state index in [2.05, 4.69) is 42.5 Å². The maximum atomic E-state index is 6.31. The third kappa shape index (κ3) is 2.69. The second kappa shape index (κ2) is 6.72. The van der Waals surface area contributed by atoms with Gasteiger partial charge in [0.05, 0.1) is 0 Å². The molecular weight excluding hydrogens is 390 g/mol. The first-order chi connectivity index (χ1) is 14.8. The quantitative estimate of drug-likeness (QED) is 0.272. The van der Waals surface area contributed by atoms with Gasteiger partial charge in [-0.25, -0.2) is 4.98 Å². The summed E-state index contributed by atoms with van der Waals surface area (Å²) in [5.74, 6) is 0.640. The van der Waals surface area contributed by atoms with E-state index in [4.69, 9.17) is 21.0 Å². The maximum absolute atomic E-state index is 6.31. The van der Waals surface area contributed by atoms with Gasteiger partial charge in [0.25, 0.3) is 0 Å². The minimum Gasteiger partial charge on any atom is -0.435 e. The van der Waals surface area contributed by atoms with E-state index in [1.165, 1.54) is 0 Å². The zero-order valence-electron chi connectivity index (χ0n) is 16.0. The van der Waals surface area contributed by atoms with Gasteiger partial charge in [-0.2, -0.15) is 0 Å². The highest BCUT2D eigenvalue weighted by atomic mass is 35.5. The van der Waals surface area contributed by atoms with Crippen molar-refractivity contribution in [3.63, 3.8) is 0 Å². The lowest BCUT2D eigenvalue weighted by Gasteiger charge is -2.10. The molecule has 0 bridgehead atoms. The van der Waals surface area contributed by atoms with Crippen LogP contribution in [0.15, 0.2) is 101 Å². The predicted octanol–water partition coefficient (Wildman–Crippen LogP) is 8.12. The Morgan fingerprint density at radius 2 is 1.47 bits per heavy atom. The van der Waals surface area contributed by atoms with Gasteiger partial charge in [0, 0.05) is 16.0 Å². The van der Waals surface area contributed by atoms with Crippen molar-refractivity contribution in [1.29, 1.82) is 0 Å². The van der Waals surface area contributed by atoms with Crippen molar-refractivity contribution in [2.24, 2.45) is 0 Å². The molecule has 0 radical (unpaired) electrons. The van der Waals surface area contributed by atoms with Crippen LogP contribution >= 0.6 is 11.6 Å². The summed E-state index contributed by atoms with van der Waals surface area (Å²) in [6.07, 6.45) is 0. The van der Waals surface area contributed by atoms with Gasteiger partial charge in [-0.3, -0.25) is 0 Å². The normalized spacial score (nSPS) is 11.5. The van der Waals surface area contributed by atoms with E-state index < -0.39 is 0 Å². The number of rotatable bonds is 2. The summed E-state index contributed by atoms with van der Waals surface area (Å²) in [4.78, 5) is 4.75. The van der Waals surface area contributed by atoms with E-state index in [0.29, 0.717) is 5.89 Å². The Labute approximate surface area is 178 Å². The van der Waals surface area contributed by atoms with Crippen LogP contribution < -0.4 is 0 Å². The van der Waals surface area contributed by atoms with Crippen molar-refractivity contribution >= 4 is 44.2 Å². The average Bonchev–Trinajstić information content (AvgIpc) is 3.23. The Morgan fingerprint density at radius 3 is 2.33 bits per heavy atom. The second-order valence-electron chi connectivity index (χ2n) is 7.37. The molecule has 6 aromatic rings. The molecule has 0 N–H and O–H groups in total. The molecule has 1 heterocycles. The van der Waals surface area contributed by atoms with Crippen LogP contribution in [0.2, 0.25) is 5.02 Å². The lowest BCUT2D eigenvalue weighted by Crippen LogP contribution is -1.84. The number of oxazole rings is 1. The molecule has 0 spiro atoms. The summed E-state index contributed by atoms with van der Waals surface area (Å²) in [6, 6.07) is 32.8. The van der Waals surface area contributed by atoms with Gasteiger partial charge in [0.15, 0.2) is 5.58 Å². The highest BCUT2D eigenvalue weighted by Crippen LogP contribution is 2.38. The maximum Gasteiger partial charge on any atom is 0.227 e. The minimum atomic E-state index is 0.640. The molecule has 0 amide bonds. The van der Waals surface area contributed by atoms with Crippen LogP contribution in [0.1, 0.15) is 0 Å². The Balaban J connectivity index is 1.68. The van der Waals surface area contributed by atoms with Crippen molar-refractivity contribution in [3.8, 4) is 22.6 Å². The fourth-order valence-electron chi connectivity index (χ4n) is 4.17. The number of benzene rings is 5. The fraction of sp³-hybridized carbons (Fsp3) is 0. The number of halogens is 1. The molecule has 5 aromatic carbocycles. The molecule has 0 fully saturated rings. The lowest BCUT2D eigenvalue weighted by atomic mass is 9.94. The van der Waals surface area contributed by atoms with E-state index in [1.807, 2.05) is 54.6 Å². The first kappa shape index (κ1) is 17.3. The first-order valence-corrected chi connectivity index (χ1v) is 10.2. The van der Waals surface area contributed by atoms with Crippen LogP contribution in [0.25, 0.3) is 55.2 Å². The van der Waals surface area contributed by atoms with Crippen molar-refractivity contribution in [1.82, 2.24) is 4.98 Å². The van der Waals surface area contributed by atoms with Crippen molar-refractivity contribution in [2.75, 3.05) is 0 Å². The van der Waals surface area contributed by atoms with Crippen LogP contribution in [-0.2, 0) is 0 Å². The standard InChI is InChI=1S/C27H16ClNO/c28-20-9-4-8-19(16-20)21-10-5-11-23-22(21)14-12-17-13-15-24-26(25(17)23)30-27(29-24)18-6-2-1-3-7-18/h1-16H. The van der Waals surface area contributed by atoms with Crippen molar-refractivity contribution in [2.45, 2.75) is 0 Å². The topological polar surface area (TPSA) is 26.0 Å². The molecule has 0 saturated heterocycles. The number of hydrogen-bond donors (Lipinski definition) is 0. The SMILES string of the molecule is Clc1cccc(-c2cccc3c2ccc2ccc4nc(-c5ccccc5)oc4c23)c1. The summed E-state index contributed by atoms with van der Waals surface area (Å²) < 4.78 is 6.31. The zero-order chi connectivity index (χ0) is 20.1. The van der Waals surface area contributed by atoms with Gasteiger partial charge in [-0.05, 0) is 57.6 Å². The van der Waals surface area contributed by atoms with Gasteiger partial charge in [-0.1, -0.05) is 78.3 Å². The predicted molar refractivity (Wildman–Crippen MR) is 125 cm³/mol. The third-order valence-electron chi connectivity index (χ3n) is 5.55. The summed E-state index contributed by atoms with van der Waals surface area (Å²) in [5, 5.41) is 5.26. The van der Waals surface area contributed by atoms with Crippen LogP contribution in [-0.4, -0.2) is 4.98 Å². The molecule has 0 aliphatic heterocycles. The molecule has 0 saturated carbocycles. The molecule has 0 aliphatic rings. The molecule has 1 aromatic heterocycles. The second-order valence-corrected chi connectivity index (χ2v) is 7.81. The van der Waals surface area contributed by atoms with E-state index in [9.17, 15) is 0 Å². The summed E-state index contributed by atoms with van der Waals surface area (Å²) >= 11 is 6.26. The Hall–Kier alpha value is -3.62. The molecule has 142 valence electrons. The zero-order valence-corrected chi connectivity index (χ0v) is 16.7. The minimum absolute atomic E-state index is 0.640. The number of aromatic nitrogens is 1. The van der Waals surface area contributed by atoms with Crippen LogP contribution in [0.3, 0.4) is 0 Å². The van der Waals surface area contributed by atoms with Gasteiger partial charge < -0.3 is 4.42 Å². The first-order valence-electron chi connectivity index (χ1n) is 9.84. The summed E-state index contributed by atoms with van der Waals surface area (Å²) in [7, 11) is 0. The lowest BCUT2D eigenvalue weighted by molar-refractivity contribution is 0.623. The Bertz CT molecular complexity index is 1550. The number of hydrogen-bond acceptors (Lipinski definition) is 2. The van der Waals surface area contributed by atoms with Crippen LogP contribution in [0.5, 0.6) is 0 Å². The van der Waals surface area contributed by atoms with Crippen LogP contribution in [0, 0.1) is 0 Å². The van der Waals surface area contributed by atoms with E-state index in [1.54, 1.807) is 0 Å². The van der Waals surface area contributed by atoms with Gasteiger partial charge in [-0.15, -0.1) is 0 Å². The molecule has 0 atom stereocenters. The Morgan fingerprint density at radius 1 is 0.667 bits per heavy atom. The van der Waals surface area contributed by atoms with E-state index in [-0.39, 0.29) is 0 Å². The summed E-state index contributed by atoms with van der Waals surface area (Å²) in [6.45, 7) is 0. The highest BCUT2D eigenvalue weighted by molar-refractivity contribution is 6.31. The number of nitrogens with zero attached hydrogens (tertiary/aromatic N) is 1. The van der Waals surface area contributed by atoms with Gasteiger partial charge in [0.2, 0.25) is 5.89 Å². The number of fused-ring (bicyclic) bond motifs is 5. The highest BCUT2D eigenvalue weighted by Gasteiger charge is 2.14. The molecule has 30 heavy (non-hydrogen) atoms.